The van der Waals surface area contributed by atoms with Crippen LogP contribution in [0.25, 0.3) is 0 Å². The Kier molecular flexibility index (Phi) is 6.25. The summed E-state index contributed by atoms with van der Waals surface area (Å²) in [6.07, 6.45) is 0. The molecule has 7 heteroatoms. The Bertz CT molecular complexity index is 778. The predicted octanol–water partition coefficient (Wildman–Crippen LogP) is 6.43. The molecule has 0 unspecified atom stereocenters. The molecule has 2 nitrogen and oxygen atoms in total. The summed E-state index contributed by atoms with van der Waals surface area (Å²) in [4.78, 5) is 0. The van der Waals surface area contributed by atoms with Crippen molar-refractivity contribution < 1.29 is 0 Å². The largest absolute Gasteiger partial charge is 0.175 e. The van der Waals surface area contributed by atoms with Gasteiger partial charge in [-0.15, -0.1) is 10.2 Å². The van der Waals surface area contributed by atoms with E-state index in [2.05, 4.69) is 34.5 Å². The van der Waals surface area contributed by atoms with Gasteiger partial charge in [-0.1, -0.05) is 94.5 Å². The molecule has 1 aromatic heterocycles. The van der Waals surface area contributed by atoms with E-state index >= 15 is 0 Å². The van der Waals surface area contributed by atoms with Crippen molar-refractivity contribution >= 4 is 58.1 Å². The van der Waals surface area contributed by atoms with Gasteiger partial charge >= 0.3 is 0 Å². The van der Waals surface area contributed by atoms with Gasteiger partial charge in [0.15, 0.2) is 8.68 Å². The lowest BCUT2D eigenvalue weighted by Crippen LogP contribution is -1.81. The van der Waals surface area contributed by atoms with E-state index in [0.717, 1.165) is 25.7 Å². The van der Waals surface area contributed by atoms with E-state index in [-0.39, 0.29) is 0 Å². The molecule has 0 fully saturated rings. The first kappa shape index (κ1) is 17.1. The molecule has 0 aliphatic rings. The van der Waals surface area contributed by atoms with Crippen molar-refractivity contribution in [2.75, 3.05) is 0 Å². The van der Waals surface area contributed by atoms with Crippen molar-refractivity contribution in [3.05, 3.63) is 69.7 Å². The highest BCUT2D eigenvalue weighted by molar-refractivity contribution is 8.02. The minimum atomic E-state index is 0.580. The average Bonchev–Trinajstić information content (AvgIpc) is 3.03. The zero-order valence-electron chi connectivity index (χ0n) is 11.9. The topological polar surface area (TPSA) is 25.8 Å². The number of hydrogen-bond acceptors (Lipinski definition) is 5. The summed E-state index contributed by atoms with van der Waals surface area (Å²) in [6, 6.07) is 16.1. The second-order valence-electron chi connectivity index (χ2n) is 4.65. The van der Waals surface area contributed by atoms with Crippen molar-refractivity contribution in [2.45, 2.75) is 20.2 Å². The fourth-order valence-corrected chi connectivity index (χ4v) is 5.05. The molecule has 0 bridgehead atoms. The lowest BCUT2D eigenvalue weighted by atomic mass is 10.2. The van der Waals surface area contributed by atoms with Crippen LogP contribution < -0.4 is 0 Å². The quantitative estimate of drug-likeness (QED) is 0.446. The van der Waals surface area contributed by atoms with Gasteiger partial charge in [0, 0.05) is 11.5 Å². The van der Waals surface area contributed by atoms with Crippen LogP contribution in [-0.2, 0) is 11.5 Å². The Balaban J connectivity index is 1.53. The lowest BCUT2D eigenvalue weighted by Gasteiger charge is -2.01. The Morgan fingerprint density at radius 3 is 2.09 bits per heavy atom. The first-order chi connectivity index (χ1) is 11.2. The Morgan fingerprint density at radius 1 is 0.783 bits per heavy atom. The van der Waals surface area contributed by atoms with Crippen molar-refractivity contribution in [3.8, 4) is 0 Å². The van der Waals surface area contributed by atoms with Crippen LogP contribution in [0.2, 0.25) is 10.0 Å². The first-order valence-corrected chi connectivity index (χ1v) is 10.3. The number of nitrogens with zero attached hydrogens (tertiary/aromatic N) is 2. The molecule has 0 saturated carbocycles. The molecule has 0 amide bonds. The zero-order chi connectivity index (χ0) is 16.1. The van der Waals surface area contributed by atoms with Crippen LogP contribution in [0.1, 0.15) is 11.1 Å². The normalized spacial score (nSPS) is 10.9. The van der Waals surface area contributed by atoms with Crippen LogP contribution in [0.15, 0.2) is 57.2 Å². The highest BCUT2D eigenvalue weighted by Crippen LogP contribution is 2.33. The Labute approximate surface area is 157 Å². The molecule has 0 aliphatic carbocycles. The van der Waals surface area contributed by atoms with Crippen molar-refractivity contribution in [1.82, 2.24) is 10.2 Å². The lowest BCUT2D eigenvalue weighted by molar-refractivity contribution is 0.954. The molecule has 0 saturated heterocycles. The second-order valence-corrected chi connectivity index (χ2v) is 8.88. The van der Waals surface area contributed by atoms with Crippen LogP contribution in [0.4, 0.5) is 0 Å². The van der Waals surface area contributed by atoms with Crippen molar-refractivity contribution in [1.29, 1.82) is 0 Å². The fourth-order valence-electron chi connectivity index (χ4n) is 1.81. The third kappa shape index (κ3) is 5.13. The molecule has 3 rings (SSSR count). The van der Waals surface area contributed by atoms with E-state index in [1.54, 1.807) is 34.9 Å². The molecule has 0 spiro atoms. The summed E-state index contributed by atoms with van der Waals surface area (Å²) in [5.41, 5.74) is 2.41. The maximum absolute atomic E-state index is 6.03. The molecule has 0 N–H and O–H groups in total. The first-order valence-electron chi connectivity index (χ1n) is 6.77. The SMILES string of the molecule is Clc1ccc(CSc2nnc(SCc3ccccc3)s2)cc1Cl. The molecule has 3 aromatic rings. The van der Waals surface area contributed by atoms with Gasteiger partial charge in [-0.05, 0) is 23.3 Å². The molecule has 118 valence electrons. The summed E-state index contributed by atoms with van der Waals surface area (Å²) in [7, 11) is 0. The number of benzene rings is 2. The Hall–Kier alpha value is -0.720. The van der Waals surface area contributed by atoms with E-state index in [1.807, 2.05) is 24.3 Å². The molecule has 23 heavy (non-hydrogen) atoms. The van der Waals surface area contributed by atoms with Crippen molar-refractivity contribution in [3.63, 3.8) is 0 Å². The second kappa shape index (κ2) is 8.40. The van der Waals surface area contributed by atoms with Crippen molar-refractivity contribution in [2.24, 2.45) is 0 Å². The number of aromatic nitrogens is 2. The predicted molar refractivity (Wildman–Crippen MR) is 102 cm³/mol. The highest BCUT2D eigenvalue weighted by atomic mass is 35.5. The molecule has 0 aliphatic heterocycles. The fraction of sp³-hybridized carbons (Fsp3) is 0.125. The minimum absolute atomic E-state index is 0.580. The van der Waals surface area contributed by atoms with Gasteiger partial charge < -0.3 is 0 Å². The summed E-state index contributed by atoms with van der Waals surface area (Å²) in [6.45, 7) is 0. The Morgan fingerprint density at radius 2 is 1.43 bits per heavy atom. The molecular weight excluding hydrogens is 387 g/mol. The maximum atomic E-state index is 6.03. The summed E-state index contributed by atoms with van der Waals surface area (Å²) in [5.74, 6) is 1.71. The van der Waals surface area contributed by atoms with Gasteiger partial charge in [0.1, 0.15) is 0 Å². The summed E-state index contributed by atoms with van der Waals surface area (Å²) < 4.78 is 1.96. The molecule has 1 heterocycles. The van der Waals surface area contributed by atoms with Gasteiger partial charge in [0.25, 0.3) is 0 Å². The summed E-state index contributed by atoms with van der Waals surface area (Å²) >= 11 is 17.0. The van der Waals surface area contributed by atoms with E-state index in [1.165, 1.54) is 5.56 Å². The van der Waals surface area contributed by atoms with Gasteiger partial charge in [-0.2, -0.15) is 0 Å². The van der Waals surface area contributed by atoms with Gasteiger partial charge in [-0.3, -0.25) is 0 Å². The zero-order valence-corrected chi connectivity index (χ0v) is 15.9. The molecule has 2 aromatic carbocycles. The third-order valence-electron chi connectivity index (χ3n) is 2.94. The molecule has 0 atom stereocenters. The van der Waals surface area contributed by atoms with E-state index in [9.17, 15) is 0 Å². The molecule has 0 radical (unpaired) electrons. The maximum Gasteiger partial charge on any atom is 0.175 e. The van der Waals surface area contributed by atoms with Crippen LogP contribution >= 0.6 is 58.1 Å². The number of hydrogen-bond donors (Lipinski definition) is 0. The number of halogens is 2. The van der Waals surface area contributed by atoms with Crippen LogP contribution in [0, 0.1) is 0 Å². The average molecular weight is 399 g/mol. The third-order valence-corrected chi connectivity index (χ3v) is 7.01. The number of rotatable bonds is 6. The highest BCUT2D eigenvalue weighted by Gasteiger charge is 2.07. The van der Waals surface area contributed by atoms with Crippen LogP contribution in [0.3, 0.4) is 0 Å². The monoisotopic (exact) mass is 398 g/mol. The van der Waals surface area contributed by atoms with E-state index in [0.29, 0.717) is 10.0 Å². The van der Waals surface area contributed by atoms with E-state index < -0.39 is 0 Å². The standard InChI is InChI=1S/C16H12Cl2N2S3/c17-13-7-6-12(8-14(13)18)10-22-16-20-19-15(23-16)21-9-11-4-2-1-3-5-11/h1-8H,9-10H2. The smallest absolute Gasteiger partial charge is 0.131 e. The minimum Gasteiger partial charge on any atom is -0.131 e. The van der Waals surface area contributed by atoms with Gasteiger partial charge in [0.2, 0.25) is 0 Å². The molecular formula is C16H12Cl2N2S3. The van der Waals surface area contributed by atoms with Crippen LogP contribution in [0.5, 0.6) is 0 Å². The van der Waals surface area contributed by atoms with Crippen LogP contribution in [-0.4, -0.2) is 10.2 Å². The van der Waals surface area contributed by atoms with E-state index in [4.69, 9.17) is 23.2 Å². The number of thioether (sulfide) groups is 2. The van der Waals surface area contributed by atoms with Gasteiger partial charge in [-0.25, -0.2) is 0 Å². The van der Waals surface area contributed by atoms with Gasteiger partial charge in [0.05, 0.1) is 10.0 Å². The summed E-state index contributed by atoms with van der Waals surface area (Å²) in [5, 5.41) is 9.64.